The van der Waals surface area contributed by atoms with Gasteiger partial charge < -0.3 is 10.6 Å². The highest BCUT2D eigenvalue weighted by molar-refractivity contribution is 5.93. The Morgan fingerprint density at radius 2 is 1.92 bits per heavy atom. The Balaban J connectivity index is 1.85. The van der Waals surface area contributed by atoms with Gasteiger partial charge in [-0.3, -0.25) is 14.9 Å². The third-order valence-corrected chi connectivity index (χ3v) is 3.87. The van der Waals surface area contributed by atoms with Crippen molar-refractivity contribution >= 4 is 17.8 Å². The number of carbonyl (C=O) groups excluding carboxylic acids is 2. The molecule has 1 fully saturated rings. The van der Waals surface area contributed by atoms with Crippen LogP contribution < -0.4 is 16.0 Å². The smallest absolute Gasteiger partial charge is 0.246 e. The third kappa shape index (κ3) is 5.59. The van der Waals surface area contributed by atoms with Crippen molar-refractivity contribution in [3.63, 3.8) is 0 Å². The first-order valence-electron chi connectivity index (χ1n) is 8.43. The van der Waals surface area contributed by atoms with Gasteiger partial charge in [0.2, 0.25) is 17.8 Å². The molecule has 0 atom stereocenters. The predicted octanol–water partition coefficient (Wildman–Crippen LogP) is 0.773. The molecule has 8 heteroatoms. The fourth-order valence-corrected chi connectivity index (χ4v) is 2.66. The zero-order valence-corrected chi connectivity index (χ0v) is 15.0. The summed E-state index contributed by atoms with van der Waals surface area (Å²) in [4.78, 5) is 28.2. The minimum Gasteiger partial charge on any atom is -0.347 e. The predicted molar refractivity (Wildman–Crippen MR) is 91.6 cm³/mol. The summed E-state index contributed by atoms with van der Waals surface area (Å²) in [6.07, 6.45) is 2.38. The third-order valence-electron chi connectivity index (χ3n) is 3.87. The van der Waals surface area contributed by atoms with Crippen LogP contribution in [0.2, 0.25) is 0 Å². The topological polar surface area (TPSA) is 101 Å². The second kappa shape index (κ2) is 7.74. The van der Waals surface area contributed by atoms with Crippen LogP contribution in [-0.4, -0.2) is 46.2 Å². The van der Waals surface area contributed by atoms with E-state index in [9.17, 15) is 9.59 Å². The van der Waals surface area contributed by atoms with E-state index in [1.54, 1.807) is 11.7 Å². The van der Waals surface area contributed by atoms with Gasteiger partial charge in [-0.2, -0.15) is 10.1 Å². The molecule has 0 bridgehead atoms. The van der Waals surface area contributed by atoms with Crippen molar-refractivity contribution in [2.24, 2.45) is 12.5 Å². The molecule has 0 aliphatic carbocycles. The molecule has 0 aromatic carbocycles. The Kier molecular flexibility index (Phi) is 5.93. The second-order valence-corrected chi connectivity index (χ2v) is 7.50. The summed E-state index contributed by atoms with van der Waals surface area (Å²) in [6, 6.07) is 0. The minimum absolute atomic E-state index is 0.0650. The van der Waals surface area contributed by atoms with E-state index >= 15 is 0 Å². The largest absolute Gasteiger partial charge is 0.347 e. The summed E-state index contributed by atoms with van der Waals surface area (Å²) in [6.45, 7) is 7.80. The molecule has 2 heterocycles. The molecule has 0 radical (unpaired) electrons. The maximum atomic E-state index is 12.0. The normalized spacial score (nSPS) is 16.0. The van der Waals surface area contributed by atoms with Gasteiger partial charge in [0.1, 0.15) is 0 Å². The number of rotatable bonds is 5. The molecule has 134 valence electrons. The number of aryl methyl sites for hydroxylation is 1. The Labute approximate surface area is 142 Å². The maximum Gasteiger partial charge on any atom is 0.246 e. The van der Waals surface area contributed by atoms with E-state index < -0.39 is 0 Å². The van der Waals surface area contributed by atoms with Crippen LogP contribution in [0.4, 0.5) is 5.95 Å². The van der Waals surface area contributed by atoms with Crippen LogP contribution in [0.25, 0.3) is 0 Å². The first-order valence-corrected chi connectivity index (χ1v) is 8.43. The van der Waals surface area contributed by atoms with E-state index in [0.29, 0.717) is 18.3 Å². The monoisotopic (exact) mass is 336 g/mol. The van der Waals surface area contributed by atoms with E-state index in [1.807, 2.05) is 20.8 Å². The minimum atomic E-state index is -0.301. The zero-order valence-electron chi connectivity index (χ0n) is 15.0. The van der Waals surface area contributed by atoms with E-state index in [1.165, 1.54) is 0 Å². The lowest BCUT2D eigenvalue weighted by atomic mass is 9.92. The summed E-state index contributed by atoms with van der Waals surface area (Å²) in [7, 11) is 1.76. The number of anilines is 1. The summed E-state index contributed by atoms with van der Waals surface area (Å²) < 4.78 is 1.58. The molecular formula is C16H28N6O2. The Bertz CT molecular complexity index is 584. The van der Waals surface area contributed by atoms with Crippen molar-refractivity contribution in [1.29, 1.82) is 0 Å². The molecule has 0 unspecified atom stereocenters. The van der Waals surface area contributed by atoms with Crippen molar-refractivity contribution in [2.75, 3.05) is 25.0 Å². The van der Waals surface area contributed by atoms with Crippen LogP contribution in [0, 0.1) is 5.41 Å². The van der Waals surface area contributed by atoms with E-state index in [-0.39, 0.29) is 23.8 Å². The number of nitrogens with one attached hydrogen (secondary N) is 3. The van der Waals surface area contributed by atoms with Gasteiger partial charge in [-0.1, -0.05) is 20.8 Å². The van der Waals surface area contributed by atoms with Gasteiger partial charge in [0.15, 0.2) is 5.82 Å². The number of piperidine rings is 1. The first-order chi connectivity index (χ1) is 11.2. The number of nitrogens with zero attached hydrogens (tertiary/aromatic N) is 3. The number of hydrogen-bond acceptors (Lipinski definition) is 5. The Morgan fingerprint density at radius 1 is 1.25 bits per heavy atom. The molecule has 0 spiro atoms. The summed E-state index contributed by atoms with van der Waals surface area (Å²) in [5.74, 6) is 1.08. The van der Waals surface area contributed by atoms with Crippen LogP contribution in [0.1, 0.15) is 51.8 Å². The maximum absolute atomic E-state index is 12.0. The molecular weight excluding hydrogens is 308 g/mol. The van der Waals surface area contributed by atoms with Gasteiger partial charge in [-0.25, -0.2) is 4.68 Å². The lowest BCUT2D eigenvalue weighted by molar-refractivity contribution is -0.125. The van der Waals surface area contributed by atoms with Crippen molar-refractivity contribution in [3.05, 3.63) is 5.82 Å². The summed E-state index contributed by atoms with van der Waals surface area (Å²) in [5.41, 5.74) is -0.103. The van der Waals surface area contributed by atoms with Gasteiger partial charge >= 0.3 is 0 Å². The fraction of sp³-hybridized carbons (Fsp3) is 0.750. The SMILES string of the molecule is Cn1nc(C2CCNCC2)nc1NC(=O)CNC(=O)CC(C)(C)C. The fourth-order valence-electron chi connectivity index (χ4n) is 2.66. The lowest BCUT2D eigenvalue weighted by Crippen LogP contribution is -2.35. The quantitative estimate of drug-likeness (QED) is 0.737. The molecule has 2 amide bonds. The zero-order chi connectivity index (χ0) is 17.7. The van der Waals surface area contributed by atoms with E-state index in [0.717, 1.165) is 31.8 Å². The average Bonchev–Trinajstić information content (AvgIpc) is 2.85. The molecule has 1 saturated heterocycles. The molecule has 0 saturated carbocycles. The van der Waals surface area contributed by atoms with Gasteiger partial charge in [-0.05, 0) is 31.3 Å². The van der Waals surface area contributed by atoms with Gasteiger partial charge in [0.25, 0.3) is 0 Å². The number of carbonyl (C=O) groups is 2. The summed E-state index contributed by atoms with van der Waals surface area (Å²) >= 11 is 0. The summed E-state index contributed by atoms with van der Waals surface area (Å²) in [5, 5.41) is 13.1. The highest BCUT2D eigenvalue weighted by Crippen LogP contribution is 2.23. The van der Waals surface area contributed by atoms with Gasteiger partial charge in [-0.15, -0.1) is 0 Å². The molecule has 8 nitrogen and oxygen atoms in total. The van der Waals surface area contributed by atoms with Crippen LogP contribution in [0.3, 0.4) is 0 Å². The molecule has 1 aromatic rings. The molecule has 2 rings (SSSR count). The molecule has 1 aliphatic rings. The van der Waals surface area contributed by atoms with Gasteiger partial charge in [0, 0.05) is 19.4 Å². The number of amides is 2. The highest BCUT2D eigenvalue weighted by atomic mass is 16.2. The van der Waals surface area contributed by atoms with Crippen LogP contribution in [0.5, 0.6) is 0 Å². The van der Waals surface area contributed by atoms with E-state index in [2.05, 4.69) is 26.0 Å². The highest BCUT2D eigenvalue weighted by Gasteiger charge is 2.21. The number of aromatic nitrogens is 3. The lowest BCUT2D eigenvalue weighted by Gasteiger charge is -2.19. The van der Waals surface area contributed by atoms with Crippen molar-refractivity contribution in [1.82, 2.24) is 25.4 Å². The second-order valence-electron chi connectivity index (χ2n) is 7.50. The average molecular weight is 336 g/mol. The Hall–Kier alpha value is -1.96. The molecule has 24 heavy (non-hydrogen) atoms. The molecule has 1 aromatic heterocycles. The van der Waals surface area contributed by atoms with Crippen molar-refractivity contribution in [3.8, 4) is 0 Å². The van der Waals surface area contributed by atoms with E-state index in [4.69, 9.17) is 0 Å². The van der Waals surface area contributed by atoms with Crippen LogP contribution in [-0.2, 0) is 16.6 Å². The van der Waals surface area contributed by atoms with Crippen molar-refractivity contribution in [2.45, 2.75) is 46.0 Å². The molecule has 3 N–H and O–H groups in total. The Morgan fingerprint density at radius 3 is 2.54 bits per heavy atom. The van der Waals surface area contributed by atoms with Crippen LogP contribution >= 0.6 is 0 Å². The molecule has 1 aliphatic heterocycles. The number of hydrogen-bond donors (Lipinski definition) is 3. The first kappa shape index (κ1) is 18.4. The van der Waals surface area contributed by atoms with Crippen molar-refractivity contribution < 1.29 is 9.59 Å². The van der Waals surface area contributed by atoms with Gasteiger partial charge in [0.05, 0.1) is 6.54 Å². The van der Waals surface area contributed by atoms with Crippen LogP contribution in [0.15, 0.2) is 0 Å². The standard InChI is InChI=1S/C16H28N6O2/c1-16(2,3)9-12(23)18-10-13(24)19-15-20-14(21-22(15)4)11-5-7-17-8-6-11/h11,17H,5-10H2,1-4H3,(H,18,23)(H,19,20,21,24).